The van der Waals surface area contributed by atoms with Crippen molar-refractivity contribution in [3.8, 4) is 6.07 Å². The van der Waals surface area contributed by atoms with Crippen molar-refractivity contribution in [2.45, 2.75) is 52.1 Å². The van der Waals surface area contributed by atoms with E-state index in [-0.39, 0.29) is 18.5 Å². The van der Waals surface area contributed by atoms with Crippen molar-refractivity contribution in [2.75, 3.05) is 20.1 Å². The van der Waals surface area contributed by atoms with Crippen molar-refractivity contribution in [1.29, 1.82) is 5.26 Å². The molecule has 1 saturated heterocycles. The molecule has 0 radical (unpaired) electrons. The monoisotopic (exact) mass is 211 g/mol. The maximum Gasteiger partial charge on any atom is 0.109 e. The third-order valence-electron chi connectivity index (χ3n) is 2.67. The minimum Gasteiger partial charge on any atom is -0.306 e. The van der Waals surface area contributed by atoms with E-state index in [1.807, 2.05) is 0 Å². The highest BCUT2D eigenvalue weighted by atomic mass is 15.1. The molecule has 1 fully saturated rings. The molecule has 0 amide bonds. The smallest absolute Gasteiger partial charge is 0.109 e. The summed E-state index contributed by atoms with van der Waals surface area (Å²) in [5, 5.41) is 12.7. The molecule has 1 N–H and O–H groups in total. The highest BCUT2D eigenvalue weighted by molar-refractivity contribution is 5.11. The summed E-state index contributed by atoms with van der Waals surface area (Å²) >= 11 is 0. The number of nitriles is 1. The Labute approximate surface area is 94.5 Å². The summed E-state index contributed by atoms with van der Waals surface area (Å²) in [6.07, 6.45) is 1.86. The van der Waals surface area contributed by atoms with Crippen LogP contribution in [0.5, 0.6) is 0 Å². The Morgan fingerprint density at radius 1 is 1.27 bits per heavy atom. The summed E-state index contributed by atoms with van der Waals surface area (Å²) in [7, 11) is 2.11. The fourth-order valence-corrected chi connectivity index (χ4v) is 1.98. The van der Waals surface area contributed by atoms with E-state index in [1.165, 1.54) is 0 Å². The first-order valence-corrected chi connectivity index (χ1v) is 5.26. The molecule has 0 saturated carbocycles. The van der Waals surface area contributed by atoms with Gasteiger partial charge in [-0.05, 0) is 40.7 Å². The summed E-state index contributed by atoms with van der Waals surface area (Å²) in [5.41, 5.74) is -0.281. The largest absolute Gasteiger partial charge is 0.306 e. The zero-order valence-corrected chi connectivity index (χ0v) is 9.72. The van der Waals surface area contributed by atoms with Crippen LogP contribution in [0.15, 0.2) is 0 Å². The van der Waals surface area contributed by atoms with Crippen LogP contribution in [-0.4, -0.2) is 36.1 Å². The third kappa shape index (κ3) is 4.19. The zero-order valence-electron chi connectivity index (χ0n) is 9.72. The summed E-state index contributed by atoms with van der Waals surface area (Å²) in [6, 6.07) is 2.46. The van der Waals surface area contributed by atoms with Crippen LogP contribution in [0, 0.1) is 11.3 Å². The maximum absolute atomic E-state index is 9.26. The molecular weight excluding hydrogens is 186 g/mol. The lowest BCUT2D eigenvalue weighted by Crippen LogP contribution is -2.57. The summed E-state index contributed by atoms with van der Waals surface area (Å²) in [6.45, 7) is 8.37. The molecule has 3 heteroatoms. The van der Waals surface area contributed by atoms with Gasteiger partial charge >= 0.3 is 0 Å². The van der Waals surface area contributed by atoms with E-state index in [0.717, 1.165) is 25.9 Å². The normalized spacial score (nSPS) is 21.5. The number of hydrogen-bond acceptors (Lipinski definition) is 3. The van der Waals surface area contributed by atoms with Crippen molar-refractivity contribution in [3.63, 3.8) is 0 Å². The van der Waals surface area contributed by atoms with Crippen LogP contribution in [0.25, 0.3) is 0 Å². The Hall–Kier alpha value is -0.590. The van der Waals surface area contributed by atoms with E-state index in [0.29, 0.717) is 0 Å². The van der Waals surface area contributed by atoms with Gasteiger partial charge in [0.05, 0.1) is 6.07 Å². The van der Waals surface area contributed by atoms with E-state index in [4.69, 9.17) is 0 Å². The zero-order chi connectivity index (χ0) is 10.8. The van der Waals surface area contributed by atoms with Gasteiger partial charge in [0.15, 0.2) is 0 Å². The predicted molar refractivity (Wildman–Crippen MR) is 64.7 cm³/mol. The van der Waals surface area contributed by atoms with Gasteiger partial charge < -0.3 is 4.90 Å². The van der Waals surface area contributed by atoms with Gasteiger partial charge in [-0.2, -0.15) is 5.26 Å². The average Bonchev–Trinajstić information content (AvgIpc) is 2.07. The molecule has 0 unspecified atom stereocenters. The average molecular weight is 211 g/mol. The Morgan fingerprint density at radius 3 is 2.07 bits per heavy atom. The van der Waals surface area contributed by atoms with Crippen molar-refractivity contribution < 1.29 is 0 Å². The van der Waals surface area contributed by atoms with Crippen LogP contribution in [-0.2, 0) is 0 Å². The van der Waals surface area contributed by atoms with Crippen LogP contribution in [0.1, 0.15) is 41.0 Å². The van der Waals surface area contributed by atoms with Crippen LogP contribution in [0.4, 0.5) is 0 Å². The molecule has 1 heterocycles. The predicted octanol–water partition coefficient (Wildman–Crippen LogP) is 2.00. The van der Waals surface area contributed by atoms with Crippen LogP contribution in [0.2, 0.25) is 0 Å². The van der Waals surface area contributed by atoms with E-state index in [2.05, 4.69) is 44.1 Å². The van der Waals surface area contributed by atoms with Gasteiger partial charge in [0.2, 0.25) is 0 Å². The number of likely N-dealkylation sites (tertiary alicyclic amines) is 1. The third-order valence-corrected chi connectivity index (χ3v) is 2.67. The Bertz CT molecular complexity index is 226. The minimum atomic E-state index is -0.301. The fraction of sp³-hybridized carbons (Fsp3) is 0.917. The lowest BCUT2D eigenvalue weighted by molar-refractivity contribution is 0.168. The van der Waals surface area contributed by atoms with Gasteiger partial charge in [-0.1, -0.05) is 7.43 Å². The fourth-order valence-electron chi connectivity index (χ4n) is 1.98. The minimum absolute atomic E-state index is 0. The summed E-state index contributed by atoms with van der Waals surface area (Å²) in [4.78, 5) is 2.28. The second-order valence-electron chi connectivity index (χ2n) is 5.37. The second-order valence-corrected chi connectivity index (χ2v) is 5.37. The van der Waals surface area contributed by atoms with Crippen LogP contribution < -0.4 is 5.32 Å². The molecule has 0 aromatic rings. The molecule has 3 nitrogen and oxygen atoms in total. The van der Waals surface area contributed by atoms with Gasteiger partial charge in [-0.15, -0.1) is 0 Å². The van der Waals surface area contributed by atoms with Gasteiger partial charge in [0.1, 0.15) is 5.54 Å². The van der Waals surface area contributed by atoms with Crippen molar-refractivity contribution in [1.82, 2.24) is 10.2 Å². The number of rotatable bonds is 1. The molecule has 0 aromatic heterocycles. The molecule has 0 bridgehead atoms. The topological polar surface area (TPSA) is 39.1 Å². The van der Waals surface area contributed by atoms with Crippen molar-refractivity contribution in [2.24, 2.45) is 0 Å². The van der Waals surface area contributed by atoms with Crippen molar-refractivity contribution in [3.05, 3.63) is 0 Å². The highest BCUT2D eigenvalue weighted by Gasteiger charge is 2.36. The Kier molecular flexibility index (Phi) is 4.76. The molecule has 1 aliphatic heterocycles. The van der Waals surface area contributed by atoms with E-state index in [9.17, 15) is 5.26 Å². The van der Waals surface area contributed by atoms with Gasteiger partial charge in [0.25, 0.3) is 0 Å². The van der Waals surface area contributed by atoms with Crippen LogP contribution in [0.3, 0.4) is 0 Å². The van der Waals surface area contributed by atoms with E-state index in [1.54, 1.807) is 0 Å². The first-order chi connectivity index (χ1) is 6.37. The molecule has 0 aliphatic carbocycles. The summed E-state index contributed by atoms with van der Waals surface area (Å²) in [5.74, 6) is 0. The number of nitrogens with one attached hydrogen (secondary N) is 1. The Balaban J connectivity index is 0.00000196. The SMILES string of the molecule is C.CN1CCC(C#N)(NC(C)(C)C)CC1. The lowest BCUT2D eigenvalue weighted by Gasteiger charge is -2.40. The van der Waals surface area contributed by atoms with Crippen molar-refractivity contribution >= 4 is 0 Å². The van der Waals surface area contributed by atoms with E-state index >= 15 is 0 Å². The van der Waals surface area contributed by atoms with Gasteiger partial charge in [-0.25, -0.2) is 0 Å². The molecule has 0 aromatic carbocycles. The molecule has 1 aliphatic rings. The Morgan fingerprint density at radius 2 is 1.73 bits per heavy atom. The quantitative estimate of drug-likeness (QED) is 0.721. The molecule has 15 heavy (non-hydrogen) atoms. The standard InChI is InChI=1S/C11H21N3.CH4/c1-10(2,3)13-11(9-12)5-7-14(4)8-6-11;/h13H,5-8H2,1-4H3;1H4. The second kappa shape index (κ2) is 4.96. The lowest BCUT2D eigenvalue weighted by atomic mass is 9.86. The summed E-state index contributed by atoms with van der Waals surface area (Å²) < 4.78 is 0. The first-order valence-electron chi connectivity index (χ1n) is 5.26. The molecular formula is C12H25N3. The first kappa shape index (κ1) is 14.4. The molecule has 0 spiro atoms. The van der Waals surface area contributed by atoms with E-state index < -0.39 is 0 Å². The molecule has 88 valence electrons. The number of piperidine rings is 1. The molecule has 0 atom stereocenters. The van der Waals surface area contributed by atoms with Crippen LogP contribution >= 0.6 is 0 Å². The van der Waals surface area contributed by atoms with Gasteiger partial charge in [0, 0.05) is 18.6 Å². The molecule has 1 rings (SSSR count). The number of nitrogens with zero attached hydrogens (tertiary/aromatic N) is 2. The maximum atomic E-state index is 9.26. The highest BCUT2D eigenvalue weighted by Crippen LogP contribution is 2.23. The number of hydrogen-bond donors (Lipinski definition) is 1. The van der Waals surface area contributed by atoms with Gasteiger partial charge in [-0.3, -0.25) is 5.32 Å².